The minimum Gasteiger partial charge on any atom is -0.790 e. The quantitative estimate of drug-likeness (QED) is 0.420. The molecule has 0 fully saturated rings. The van der Waals surface area contributed by atoms with Crippen molar-refractivity contribution in [3.63, 3.8) is 0 Å². The summed E-state index contributed by atoms with van der Waals surface area (Å²) in [6, 6.07) is 0. The highest BCUT2D eigenvalue weighted by Crippen LogP contribution is 2.38. The number of unbranched alkanes of at least 4 members (excludes halogenated alkanes) is 1. The SMILES string of the molecule is O=P([O-])([O-])OC(CCCCOP(=O)(O)O)C(F)(F)CF. The first kappa shape index (κ1) is 20.0. The minimum atomic E-state index is -5.72. The molecule has 1 unspecified atom stereocenters. The summed E-state index contributed by atoms with van der Waals surface area (Å²) in [7, 11) is -10.4. The zero-order chi connectivity index (χ0) is 16.0. The summed E-state index contributed by atoms with van der Waals surface area (Å²) in [6.07, 6.45) is -3.52. The molecule has 0 aromatic rings. The van der Waals surface area contributed by atoms with Crippen LogP contribution in [0.3, 0.4) is 0 Å². The first-order valence-corrected chi connectivity index (χ1v) is 8.21. The van der Waals surface area contributed by atoms with Gasteiger partial charge in [-0.2, -0.15) is 0 Å². The highest BCUT2D eigenvalue weighted by molar-refractivity contribution is 7.46. The Hall–Kier alpha value is 0.01000. The molecule has 0 radical (unpaired) electrons. The Balaban J connectivity index is 4.32. The summed E-state index contributed by atoms with van der Waals surface area (Å²) in [5, 5.41) is 0. The van der Waals surface area contributed by atoms with E-state index in [1.54, 1.807) is 0 Å². The van der Waals surface area contributed by atoms with Crippen LogP contribution in [0.25, 0.3) is 0 Å². The molecule has 2 N–H and O–H groups in total. The second-order valence-electron chi connectivity index (χ2n) is 3.76. The Kier molecular flexibility index (Phi) is 7.86. The molecule has 0 bridgehead atoms. The van der Waals surface area contributed by atoms with Crippen molar-refractivity contribution in [1.82, 2.24) is 0 Å². The van der Waals surface area contributed by atoms with E-state index in [4.69, 9.17) is 9.79 Å². The Morgan fingerprint density at radius 3 is 2.15 bits per heavy atom. The lowest BCUT2D eigenvalue weighted by molar-refractivity contribution is -0.350. The van der Waals surface area contributed by atoms with Gasteiger partial charge in [-0.15, -0.1) is 0 Å². The van der Waals surface area contributed by atoms with Crippen molar-refractivity contribution in [2.75, 3.05) is 13.3 Å². The Labute approximate surface area is 112 Å². The average Bonchev–Trinajstić information content (AvgIpc) is 2.23. The molecule has 0 spiro atoms. The third kappa shape index (κ3) is 9.84. The lowest BCUT2D eigenvalue weighted by atomic mass is 10.1. The maximum absolute atomic E-state index is 13.0. The first-order valence-electron chi connectivity index (χ1n) is 5.22. The normalized spacial score (nSPS) is 15.3. The molecule has 1 atom stereocenters. The fraction of sp³-hybridized carbons (Fsp3) is 1.00. The van der Waals surface area contributed by atoms with Gasteiger partial charge in [0.15, 0.2) is 6.67 Å². The molecule has 0 aromatic carbocycles. The van der Waals surface area contributed by atoms with Gasteiger partial charge in [0.05, 0.1) is 14.4 Å². The highest BCUT2D eigenvalue weighted by Gasteiger charge is 2.41. The van der Waals surface area contributed by atoms with E-state index < -0.39 is 47.4 Å². The molecule has 0 aliphatic carbocycles. The van der Waals surface area contributed by atoms with E-state index in [1.807, 2.05) is 0 Å². The van der Waals surface area contributed by atoms with Crippen LogP contribution in [0, 0.1) is 0 Å². The summed E-state index contributed by atoms with van der Waals surface area (Å²) in [5.74, 6) is -4.16. The molecule has 13 heteroatoms. The zero-order valence-corrected chi connectivity index (χ0v) is 11.8. The molecule has 122 valence electrons. The van der Waals surface area contributed by atoms with Gasteiger partial charge in [-0.25, -0.2) is 17.7 Å². The molecular weight excluding hydrogens is 331 g/mol. The maximum Gasteiger partial charge on any atom is 0.469 e. The molecule has 0 saturated heterocycles. The van der Waals surface area contributed by atoms with E-state index in [1.165, 1.54) is 0 Å². The summed E-state index contributed by atoms with van der Waals surface area (Å²) < 4.78 is 66.2. The number of hydrogen-bond donors (Lipinski definition) is 2. The van der Waals surface area contributed by atoms with Crippen LogP contribution in [0.15, 0.2) is 0 Å². The van der Waals surface area contributed by atoms with Crippen molar-refractivity contribution in [1.29, 1.82) is 0 Å². The largest absolute Gasteiger partial charge is 0.790 e. The molecule has 0 heterocycles. The van der Waals surface area contributed by atoms with E-state index in [0.29, 0.717) is 0 Å². The second-order valence-corrected chi connectivity index (χ2v) is 6.10. The van der Waals surface area contributed by atoms with E-state index in [-0.39, 0.29) is 12.8 Å². The number of hydrogen-bond acceptors (Lipinski definition) is 6. The Morgan fingerprint density at radius 1 is 1.20 bits per heavy atom. The van der Waals surface area contributed by atoms with Crippen LogP contribution in [-0.4, -0.2) is 35.1 Å². The fourth-order valence-electron chi connectivity index (χ4n) is 1.20. The van der Waals surface area contributed by atoms with Gasteiger partial charge >= 0.3 is 13.7 Å². The predicted octanol–water partition coefficient (Wildman–Crippen LogP) is 0.0847. The van der Waals surface area contributed by atoms with Gasteiger partial charge < -0.3 is 28.7 Å². The van der Waals surface area contributed by atoms with Crippen LogP contribution in [0.1, 0.15) is 19.3 Å². The monoisotopic (exact) mass is 344 g/mol. The number of phosphoric ester groups is 2. The molecule has 0 amide bonds. The van der Waals surface area contributed by atoms with Crippen LogP contribution < -0.4 is 9.79 Å². The van der Waals surface area contributed by atoms with Crippen LogP contribution in [0.2, 0.25) is 0 Å². The van der Waals surface area contributed by atoms with Gasteiger partial charge in [-0.1, -0.05) is 0 Å². The smallest absolute Gasteiger partial charge is 0.469 e. The van der Waals surface area contributed by atoms with Gasteiger partial charge in [0.2, 0.25) is 0 Å². The minimum absolute atomic E-state index is 0.130. The van der Waals surface area contributed by atoms with Crippen molar-refractivity contribution in [2.24, 2.45) is 0 Å². The molecule has 0 rings (SSSR count). The number of halogens is 3. The molecule has 20 heavy (non-hydrogen) atoms. The summed E-state index contributed by atoms with van der Waals surface area (Å²) >= 11 is 0. The Morgan fingerprint density at radius 2 is 1.75 bits per heavy atom. The topological polar surface area (TPSA) is 139 Å². The van der Waals surface area contributed by atoms with Crippen molar-refractivity contribution >= 4 is 15.6 Å². The molecular formula is C7H13F3O8P2-2. The molecule has 0 aliphatic rings. The van der Waals surface area contributed by atoms with Crippen molar-refractivity contribution in [3.8, 4) is 0 Å². The molecule has 0 saturated carbocycles. The van der Waals surface area contributed by atoms with Crippen molar-refractivity contribution in [2.45, 2.75) is 31.3 Å². The molecule has 0 aromatic heterocycles. The summed E-state index contributed by atoms with van der Waals surface area (Å²) in [4.78, 5) is 37.2. The number of rotatable bonds is 10. The fourth-order valence-corrected chi connectivity index (χ4v) is 2.14. The van der Waals surface area contributed by atoms with Gasteiger partial charge in [-0.05, 0) is 19.3 Å². The standard InChI is InChI=1S/C7H15F3O8P2/c8-5-7(9,10)6(18-20(14,15)16)3-1-2-4-17-19(11,12)13/h6H,1-5H2,(H2,11,12,13)(H2,14,15,16)/p-2. The second kappa shape index (κ2) is 7.86. The number of phosphoric acid groups is 2. The predicted molar refractivity (Wildman–Crippen MR) is 55.2 cm³/mol. The summed E-state index contributed by atoms with van der Waals surface area (Å²) in [5.41, 5.74) is 0. The highest BCUT2D eigenvalue weighted by atomic mass is 31.2. The lowest BCUT2D eigenvalue weighted by Gasteiger charge is -2.36. The zero-order valence-electron chi connectivity index (χ0n) is 9.99. The van der Waals surface area contributed by atoms with Crippen molar-refractivity contribution in [3.05, 3.63) is 0 Å². The third-order valence-corrected chi connectivity index (χ3v) is 3.06. The Bertz CT molecular complexity index is 380. The van der Waals surface area contributed by atoms with Crippen LogP contribution >= 0.6 is 15.6 Å². The van der Waals surface area contributed by atoms with Gasteiger partial charge in [0, 0.05) is 0 Å². The van der Waals surface area contributed by atoms with E-state index in [9.17, 15) is 32.1 Å². The van der Waals surface area contributed by atoms with Gasteiger partial charge in [0.25, 0.3) is 0 Å². The van der Waals surface area contributed by atoms with Crippen LogP contribution in [-0.2, 0) is 18.2 Å². The average molecular weight is 344 g/mol. The lowest BCUT2D eigenvalue weighted by Crippen LogP contribution is -2.39. The first-order chi connectivity index (χ1) is 8.87. The van der Waals surface area contributed by atoms with Gasteiger partial charge in [0.1, 0.15) is 6.10 Å². The van der Waals surface area contributed by atoms with E-state index in [2.05, 4.69) is 9.05 Å². The van der Waals surface area contributed by atoms with Crippen molar-refractivity contribution < 1.29 is 50.9 Å². The van der Waals surface area contributed by atoms with Crippen LogP contribution in [0.4, 0.5) is 13.2 Å². The third-order valence-electron chi connectivity index (χ3n) is 2.03. The van der Waals surface area contributed by atoms with Gasteiger partial charge in [-0.3, -0.25) is 4.52 Å². The maximum atomic E-state index is 13.0. The van der Waals surface area contributed by atoms with Crippen LogP contribution in [0.5, 0.6) is 0 Å². The molecule has 0 aliphatic heterocycles. The van der Waals surface area contributed by atoms with E-state index >= 15 is 0 Å². The summed E-state index contributed by atoms with van der Waals surface area (Å²) in [6.45, 7) is -2.69. The molecule has 8 nitrogen and oxygen atoms in total. The number of alkyl halides is 3. The van der Waals surface area contributed by atoms with E-state index in [0.717, 1.165) is 0 Å².